The summed E-state index contributed by atoms with van der Waals surface area (Å²) in [6.07, 6.45) is 2.79. The number of rotatable bonds is 5. The summed E-state index contributed by atoms with van der Waals surface area (Å²) in [5.41, 5.74) is 0.593. The maximum absolute atomic E-state index is 11.9. The number of fused-ring (bicyclic) bond motifs is 1. The summed E-state index contributed by atoms with van der Waals surface area (Å²) >= 11 is 0. The summed E-state index contributed by atoms with van der Waals surface area (Å²) in [6, 6.07) is 8.68. The van der Waals surface area contributed by atoms with E-state index in [4.69, 9.17) is 18.9 Å². The molecule has 0 radical (unpaired) electrons. The average molecular weight is 357 g/mol. The summed E-state index contributed by atoms with van der Waals surface area (Å²) in [6.45, 7) is 0.881. The largest absolute Gasteiger partial charge is 0.493 e. The van der Waals surface area contributed by atoms with Crippen LogP contribution in [0.5, 0.6) is 23.0 Å². The molecule has 0 aliphatic carbocycles. The van der Waals surface area contributed by atoms with Crippen LogP contribution in [0.2, 0.25) is 0 Å². The minimum Gasteiger partial charge on any atom is -0.493 e. The van der Waals surface area contributed by atoms with Crippen LogP contribution < -0.4 is 18.9 Å². The lowest BCUT2D eigenvalue weighted by atomic mass is 10.1. The van der Waals surface area contributed by atoms with Crippen LogP contribution in [-0.2, 0) is 4.79 Å². The first-order chi connectivity index (χ1) is 12.6. The lowest BCUT2D eigenvalue weighted by molar-refractivity contribution is -0.384. The number of benzene rings is 2. The van der Waals surface area contributed by atoms with Gasteiger partial charge >= 0.3 is 5.97 Å². The topological polar surface area (TPSA) is 97.1 Å². The zero-order valence-corrected chi connectivity index (χ0v) is 13.8. The maximum atomic E-state index is 11.9. The number of nitrogens with zero attached hydrogens (tertiary/aromatic N) is 1. The van der Waals surface area contributed by atoms with Crippen LogP contribution in [0, 0.1) is 10.1 Å². The number of non-ortho nitro benzene ring substituents is 1. The zero-order chi connectivity index (χ0) is 18.5. The molecule has 2 aromatic rings. The van der Waals surface area contributed by atoms with Crippen molar-refractivity contribution < 1.29 is 28.7 Å². The maximum Gasteiger partial charge on any atom is 0.336 e. The van der Waals surface area contributed by atoms with E-state index in [-0.39, 0.29) is 11.4 Å². The van der Waals surface area contributed by atoms with Crippen molar-refractivity contribution in [3.63, 3.8) is 0 Å². The molecule has 2 aromatic carbocycles. The fraction of sp³-hybridized carbons (Fsp3) is 0.167. The molecule has 8 heteroatoms. The van der Waals surface area contributed by atoms with E-state index in [1.54, 1.807) is 18.2 Å². The van der Waals surface area contributed by atoms with Gasteiger partial charge in [-0.25, -0.2) is 4.79 Å². The Morgan fingerprint density at radius 3 is 2.62 bits per heavy atom. The molecule has 0 bridgehead atoms. The fourth-order valence-electron chi connectivity index (χ4n) is 2.34. The van der Waals surface area contributed by atoms with Gasteiger partial charge in [-0.05, 0) is 35.9 Å². The third-order valence-corrected chi connectivity index (χ3v) is 3.53. The molecule has 26 heavy (non-hydrogen) atoms. The first kappa shape index (κ1) is 17.3. The summed E-state index contributed by atoms with van der Waals surface area (Å²) in [4.78, 5) is 22.0. The van der Waals surface area contributed by atoms with E-state index in [1.807, 2.05) is 0 Å². The summed E-state index contributed by atoms with van der Waals surface area (Å²) < 4.78 is 21.4. The normalized spacial score (nSPS) is 12.7. The van der Waals surface area contributed by atoms with E-state index < -0.39 is 10.9 Å². The summed E-state index contributed by atoms with van der Waals surface area (Å²) in [5, 5.41) is 10.6. The highest BCUT2D eigenvalue weighted by Gasteiger charge is 2.17. The van der Waals surface area contributed by atoms with E-state index in [2.05, 4.69) is 0 Å². The smallest absolute Gasteiger partial charge is 0.336 e. The number of methoxy groups -OCH3 is 1. The lowest BCUT2D eigenvalue weighted by Crippen LogP contribution is -2.16. The van der Waals surface area contributed by atoms with Crippen molar-refractivity contribution in [1.82, 2.24) is 0 Å². The molecule has 0 amide bonds. The van der Waals surface area contributed by atoms with E-state index in [0.717, 1.165) is 0 Å². The number of hydrogen-bond acceptors (Lipinski definition) is 7. The van der Waals surface area contributed by atoms with Crippen LogP contribution in [0.15, 0.2) is 42.5 Å². The number of carbonyl (C=O) groups excluding carboxylic acids is 1. The van der Waals surface area contributed by atoms with Crippen LogP contribution in [0.1, 0.15) is 5.56 Å². The van der Waals surface area contributed by atoms with Gasteiger partial charge in [0.25, 0.3) is 5.69 Å². The molecule has 0 atom stereocenters. The number of ether oxygens (including phenoxy) is 4. The lowest BCUT2D eigenvalue weighted by Gasteiger charge is -2.20. The first-order valence-electron chi connectivity index (χ1n) is 7.69. The Morgan fingerprint density at radius 2 is 1.92 bits per heavy atom. The Bertz CT molecular complexity index is 841. The molecule has 0 saturated heterocycles. The van der Waals surface area contributed by atoms with Gasteiger partial charge in [0.05, 0.1) is 12.0 Å². The van der Waals surface area contributed by atoms with E-state index in [0.29, 0.717) is 36.0 Å². The highest BCUT2D eigenvalue weighted by atomic mass is 16.6. The van der Waals surface area contributed by atoms with Crippen molar-refractivity contribution in [1.29, 1.82) is 0 Å². The van der Waals surface area contributed by atoms with Crippen molar-refractivity contribution in [2.75, 3.05) is 20.3 Å². The Kier molecular flexibility index (Phi) is 5.02. The molecule has 3 rings (SSSR count). The summed E-state index contributed by atoms with van der Waals surface area (Å²) in [5.74, 6) is 1.17. The zero-order valence-electron chi connectivity index (χ0n) is 13.8. The third-order valence-electron chi connectivity index (χ3n) is 3.53. The Labute approximate surface area is 148 Å². The predicted octanol–water partition coefficient (Wildman–Crippen LogP) is 2.99. The van der Waals surface area contributed by atoms with Gasteiger partial charge in [0.2, 0.25) is 5.75 Å². The number of nitro groups is 1. The molecule has 1 aliphatic heterocycles. The van der Waals surface area contributed by atoms with E-state index >= 15 is 0 Å². The molecule has 0 spiro atoms. The van der Waals surface area contributed by atoms with Gasteiger partial charge < -0.3 is 18.9 Å². The van der Waals surface area contributed by atoms with Crippen molar-refractivity contribution in [2.45, 2.75) is 0 Å². The molecular formula is C18H15NO7. The van der Waals surface area contributed by atoms with Crippen molar-refractivity contribution in [2.24, 2.45) is 0 Å². The third kappa shape index (κ3) is 3.92. The summed E-state index contributed by atoms with van der Waals surface area (Å²) in [7, 11) is 1.52. The van der Waals surface area contributed by atoms with Gasteiger partial charge in [-0.1, -0.05) is 0 Å². The molecule has 0 fully saturated rings. The number of nitro benzene ring substituents is 1. The second kappa shape index (κ2) is 7.56. The molecule has 0 saturated carbocycles. The van der Waals surface area contributed by atoms with Crippen LogP contribution in [-0.4, -0.2) is 31.2 Å². The molecule has 0 N–H and O–H groups in total. The van der Waals surface area contributed by atoms with Crippen LogP contribution >= 0.6 is 0 Å². The molecule has 1 aliphatic rings. The van der Waals surface area contributed by atoms with Gasteiger partial charge in [0, 0.05) is 18.2 Å². The van der Waals surface area contributed by atoms with Crippen molar-refractivity contribution >= 4 is 17.7 Å². The van der Waals surface area contributed by atoms with Gasteiger partial charge in [0.15, 0.2) is 11.5 Å². The predicted molar refractivity (Wildman–Crippen MR) is 91.7 cm³/mol. The molecule has 0 unspecified atom stereocenters. The van der Waals surface area contributed by atoms with Gasteiger partial charge in [-0.15, -0.1) is 0 Å². The second-order valence-electron chi connectivity index (χ2n) is 5.25. The minimum absolute atomic E-state index is 0.0799. The van der Waals surface area contributed by atoms with Gasteiger partial charge in [-0.3, -0.25) is 10.1 Å². The Morgan fingerprint density at radius 1 is 1.19 bits per heavy atom. The number of esters is 1. The standard InChI is InChI=1S/C18H15NO7/c1-23-15-10-12(11-16-18(15)25-9-8-24-16)2-7-17(20)26-14-5-3-13(4-6-14)19(21)22/h2-7,10-11H,8-9H2,1H3/b7-2+. The molecule has 8 nitrogen and oxygen atoms in total. The Hall–Kier alpha value is -3.55. The number of carbonyl (C=O) groups is 1. The number of hydrogen-bond donors (Lipinski definition) is 0. The minimum atomic E-state index is -0.618. The van der Waals surface area contributed by atoms with Gasteiger partial charge in [0.1, 0.15) is 19.0 Å². The Balaban J connectivity index is 1.71. The molecular weight excluding hydrogens is 342 g/mol. The second-order valence-corrected chi connectivity index (χ2v) is 5.25. The highest BCUT2D eigenvalue weighted by Crippen LogP contribution is 2.40. The molecule has 0 aromatic heterocycles. The fourth-order valence-corrected chi connectivity index (χ4v) is 2.34. The van der Waals surface area contributed by atoms with Crippen molar-refractivity contribution in [3.8, 4) is 23.0 Å². The SMILES string of the molecule is COc1cc(/C=C/C(=O)Oc2ccc([N+](=O)[O-])cc2)cc2c1OCCO2. The van der Waals surface area contributed by atoms with E-state index in [9.17, 15) is 14.9 Å². The molecule has 1 heterocycles. The highest BCUT2D eigenvalue weighted by molar-refractivity contribution is 5.89. The van der Waals surface area contributed by atoms with E-state index in [1.165, 1.54) is 37.5 Å². The quantitative estimate of drug-likeness (QED) is 0.267. The van der Waals surface area contributed by atoms with Crippen LogP contribution in [0.4, 0.5) is 5.69 Å². The molecule has 134 valence electrons. The monoisotopic (exact) mass is 357 g/mol. The van der Waals surface area contributed by atoms with Crippen LogP contribution in [0.25, 0.3) is 6.08 Å². The average Bonchev–Trinajstić information content (AvgIpc) is 2.66. The first-order valence-corrected chi connectivity index (χ1v) is 7.69. The van der Waals surface area contributed by atoms with Crippen LogP contribution in [0.3, 0.4) is 0 Å². The van der Waals surface area contributed by atoms with Gasteiger partial charge in [-0.2, -0.15) is 0 Å². The van der Waals surface area contributed by atoms with Crippen molar-refractivity contribution in [3.05, 3.63) is 58.2 Å².